The van der Waals surface area contributed by atoms with E-state index in [9.17, 15) is 4.79 Å². The molecule has 0 aliphatic rings. The van der Waals surface area contributed by atoms with Gasteiger partial charge in [0.1, 0.15) is 5.82 Å². The Hall–Kier alpha value is -1.43. The fourth-order valence-corrected chi connectivity index (χ4v) is 1.11. The minimum atomic E-state index is -0.418. The van der Waals surface area contributed by atoms with E-state index >= 15 is 0 Å². The maximum absolute atomic E-state index is 11.5. The number of aromatic amines is 1. The number of aromatic nitrogens is 3. The Kier molecular flexibility index (Phi) is 4.42. The van der Waals surface area contributed by atoms with E-state index in [1.807, 2.05) is 13.8 Å². The highest BCUT2D eigenvalue weighted by molar-refractivity contribution is 5.90. The van der Waals surface area contributed by atoms with Gasteiger partial charge in [0.2, 0.25) is 5.82 Å². The third kappa shape index (κ3) is 3.62. The second kappa shape index (κ2) is 5.60. The Bertz CT molecular complexity index is 346. The van der Waals surface area contributed by atoms with Crippen molar-refractivity contribution in [3.63, 3.8) is 0 Å². The predicted octanol–water partition coefficient (Wildman–Crippen LogP) is 0.429. The first-order valence-corrected chi connectivity index (χ1v) is 5.39. The van der Waals surface area contributed by atoms with Crippen molar-refractivity contribution in [2.45, 2.75) is 39.2 Å². The zero-order valence-electron chi connectivity index (χ0n) is 9.82. The average molecular weight is 226 g/mol. The second-order valence-corrected chi connectivity index (χ2v) is 4.09. The van der Waals surface area contributed by atoms with Gasteiger partial charge in [0.05, 0.1) is 6.10 Å². The lowest BCUT2D eigenvalue weighted by Gasteiger charge is -2.04. The van der Waals surface area contributed by atoms with Crippen LogP contribution in [0.1, 0.15) is 49.6 Å². The molecule has 16 heavy (non-hydrogen) atoms. The van der Waals surface area contributed by atoms with Crippen LogP contribution in [0.2, 0.25) is 0 Å². The van der Waals surface area contributed by atoms with Crippen molar-refractivity contribution in [2.24, 2.45) is 0 Å². The van der Waals surface area contributed by atoms with Gasteiger partial charge in [-0.15, -0.1) is 5.10 Å². The molecule has 1 rings (SSSR count). The molecule has 1 aromatic heterocycles. The van der Waals surface area contributed by atoms with Crippen molar-refractivity contribution in [1.82, 2.24) is 20.5 Å². The highest BCUT2D eigenvalue weighted by Crippen LogP contribution is 2.07. The SMILES string of the molecule is CC(O)CCNC(=O)c1n[nH]c(C(C)C)n1. The van der Waals surface area contributed by atoms with Gasteiger partial charge in [-0.1, -0.05) is 13.8 Å². The molecule has 1 heterocycles. The molecular weight excluding hydrogens is 208 g/mol. The number of nitrogens with zero attached hydrogens (tertiary/aromatic N) is 2. The highest BCUT2D eigenvalue weighted by atomic mass is 16.3. The van der Waals surface area contributed by atoms with E-state index < -0.39 is 6.10 Å². The van der Waals surface area contributed by atoms with Crippen molar-refractivity contribution >= 4 is 5.91 Å². The monoisotopic (exact) mass is 226 g/mol. The first-order chi connectivity index (χ1) is 7.50. The molecule has 1 aromatic rings. The Labute approximate surface area is 94.5 Å². The van der Waals surface area contributed by atoms with Crippen LogP contribution in [0.5, 0.6) is 0 Å². The van der Waals surface area contributed by atoms with Gasteiger partial charge >= 0.3 is 0 Å². The van der Waals surface area contributed by atoms with Gasteiger partial charge in [0.15, 0.2) is 0 Å². The standard InChI is InChI=1S/C10H18N4O2/c1-6(2)8-12-9(14-13-8)10(16)11-5-4-7(3)15/h6-7,15H,4-5H2,1-3H3,(H,11,16)(H,12,13,14). The smallest absolute Gasteiger partial charge is 0.290 e. The molecule has 1 atom stereocenters. The van der Waals surface area contributed by atoms with E-state index in [0.717, 1.165) is 0 Å². The van der Waals surface area contributed by atoms with Crippen LogP contribution in [-0.4, -0.2) is 38.8 Å². The summed E-state index contributed by atoms with van der Waals surface area (Å²) in [5.74, 6) is 0.741. The van der Waals surface area contributed by atoms with Gasteiger partial charge in [-0.05, 0) is 13.3 Å². The van der Waals surface area contributed by atoms with Crippen molar-refractivity contribution in [2.75, 3.05) is 6.54 Å². The van der Waals surface area contributed by atoms with Crippen LogP contribution in [0.15, 0.2) is 0 Å². The maximum Gasteiger partial charge on any atom is 0.290 e. The summed E-state index contributed by atoms with van der Waals surface area (Å²) in [5.41, 5.74) is 0. The Balaban J connectivity index is 2.46. The number of hydrogen-bond donors (Lipinski definition) is 3. The van der Waals surface area contributed by atoms with Crippen LogP contribution in [0, 0.1) is 0 Å². The van der Waals surface area contributed by atoms with E-state index in [2.05, 4.69) is 20.5 Å². The average Bonchev–Trinajstić information content (AvgIpc) is 2.65. The number of carbonyl (C=O) groups is 1. The summed E-state index contributed by atoms with van der Waals surface area (Å²) in [5, 5.41) is 18.2. The van der Waals surface area contributed by atoms with Crippen LogP contribution in [0.3, 0.4) is 0 Å². The minimum absolute atomic E-state index is 0.147. The summed E-state index contributed by atoms with van der Waals surface area (Å²) >= 11 is 0. The third-order valence-electron chi connectivity index (χ3n) is 2.10. The molecule has 6 heteroatoms. The quantitative estimate of drug-likeness (QED) is 0.679. The zero-order valence-corrected chi connectivity index (χ0v) is 9.82. The van der Waals surface area contributed by atoms with E-state index in [1.165, 1.54) is 0 Å². The zero-order chi connectivity index (χ0) is 12.1. The van der Waals surface area contributed by atoms with Crippen LogP contribution in [0.25, 0.3) is 0 Å². The molecule has 0 aliphatic heterocycles. The maximum atomic E-state index is 11.5. The number of hydrogen-bond acceptors (Lipinski definition) is 4. The van der Waals surface area contributed by atoms with Crippen molar-refractivity contribution in [3.05, 3.63) is 11.6 Å². The van der Waals surface area contributed by atoms with Gasteiger partial charge in [-0.3, -0.25) is 9.89 Å². The van der Waals surface area contributed by atoms with Crippen molar-refractivity contribution in [1.29, 1.82) is 0 Å². The van der Waals surface area contributed by atoms with Gasteiger partial charge in [0.25, 0.3) is 5.91 Å². The highest BCUT2D eigenvalue weighted by Gasteiger charge is 2.13. The topological polar surface area (TPSA) is 90.9 Å². The molecular formula is C10H18N4O2. The van der Waals surface area contributed by atoms with E-state index in [4.69, 9.17) is 5.11 Å². The summed E-state index contributed by atoms with van der Waals surface area (Å²) in [6.45, 7) is 6.03. The number of rotatable bonds is 5. The number of aliphatic hydroxyl groups is 1. The van der Waals surface area contributed by atoms with Crippen LogP contribution in [0.4, 0.5) is 0 Å². The molecule has 0 fully saturated rings. The molecule has 3 N–H and O–H groups in total. The minimum Gasteiger partial charge on any atom is -0.393 e. The van der Waals surface area contributed by atoms with Crippen LogP contribution >= 0.6 is 0 Å². The van der Waals surface area contributed by atoms with Crippen molar-refractivity contribution < 1.29 is 9.90 Å². The Morgan fingerprint density at radius 1 is 1.50 bits per heavy atom. The number of nitrogens with one attached hydrogen (secondary N) is 2. The largest absolute Gasteiger partial charge is 0.393 e. The molecule has 90 valence electrons. The fraction of sp³-hybridized carbons (Fsp3) is 0.700. The first-order valence-electron chi connectivity index (χ1n) is 5.39. The Morgan fingerprint density at radius 3 is 2.69 bits per heavy atom. The van der Waals surface area contributed by atoms with Crippen LogP contribution in [-0.2, 0) is 0 Å². The number of aliphatic hydroxyl groups excluding tert-OH is 1. The summed E-state index contributed by atoms with van der Waals surface area (Å²) in [6, 6.07) is 0. The molecule has 0 aromatic carbocycles. The van der Waals surface area contributed by atoms with E-state index in [-0.39, 0.29) is 17.6 Å². The van der Waals surface area contributed by atoms with Gasteiger partial charge in [-0.2, -0.15) is 0 Å². The van der Waals surface area contributed by atoms with Crippen LogP contribution < -0.4 is 5.32 Å². The van der Waals surface area contributed by atoms with Gasteiger partial charge in [-0.25, -0.2) is 4.98 Å². The Morgan fingerprint density at radius 2 is 2.19 bits per heavy atom. The molecule has 1 unspecified atom stereocenters. The van der Waals surface area contributed by atoms with Gasteiger partial charge in [0, 0.05) is 12.5 Å². The lowest BCUT2D eigenvalue weighted by atomic mass is 10.2. The van der Waals surface area contributed by atoms with Gasteiger partial charge < -0.3 is 10.4 Å². The fourth-order valence-electron chi connectivity index (χ4n) is 1.11. The molecule has 0 saturated carbocycles. The van der Waals surface area contributed by atoms with Crippen molar-refractivity contribution in [3.8, 4) is 0 Å². The number of amides is 1. The normalized spacial score (nSPS) is 12.8. The summed E-state index contributed by atoms with van der Waals surface area (Å²) in [6.07, 6.45) is 0.103. The lowest BCUT2D eigenvalue weighted by Crippen LogP contribution is -2.27. The molecule has 0 aliphatic carbocycles. The molecule has 0 saturated heterocycles. The lowest BCUT2D eigenvalue weighted by molar-refractivity contribution is 0.0935. The second-order valence-electron chi connectivity index (χ2n) is 4.09. The molecule has 0 radical (unpaired) electrons. The number of carbonyl (C=O) groups excluding carboxylic acids is 1. The summed E-state index contributed by atoms with van der Waals surface area (Å²) in [4.78, 5) is 15.6. The van der Waals surface area contributed by atoms with E-state index in [1.54, 1.807) is 6.92 Å². The summed E-state index contributed by atoms with van der Waals surface area (Å²) < 4.78 is 0. The predicted molar refractivity (Wildman–Crippen MR) is 59.1 cm³/mol. The number of H-pyrrole nitrogens is 1. The van der Waals surface area contributed by atoms with E-state index in [0.29, 0.717) is 18.8 Å². The molecule has 0 spiro atoms. The molecule has 0 bridgehead atoms. The summed E-state index contributed by atoms with van der Waals surface area (Å²) in [7, 11) is 0. The third-order valence-corrected chi connectivity index (χ3v) is 2.10. The molecule has 6 nitrogen and oxygen atoms in total. The first kappa shape index (κ1) is 12.6. The molecule has 1 amide bonds.